The molecule has 0 spiro atoms. The average molecular weight is 206 g/mol. The molecule has 0 bridgehead atoms. The molecule has 2 N–H and O–H groups in total. The quantitative estimate of drug-likeness (QED) is 0.763. The molecule has 1 saturated heterocycles. The van der Waals surface area contributed by atoms with Crippen molar-refractivity contribution < 1.29 is 9.90 Å². The molecule has 0 aromatic carbocycles. The van der Waals surface area contributed by atoms with Crippen LogP contribution in [-0.4, -0.2) is 28.6 Å². The van der Waals surface area contributed by atoms with Crippen molar-refractivity contribution in [1.82, 2.24) is 10.3 Å². The van der Waals surface area contributed by atoms with Crippen molar-refractivity contribution in [1.29, 1.82) is 0 Å². The van der Waals surface area contributed by atoms with Crippen LogP contribution in [0.1, 0.15) is 12.0 Å². The summed E-state index contributed by atoms with van der Waals surface area (Å²) < 4.78 is 0. The maximum absolute atomic E-state index is 10.7. The van der Waals surface area contributed by atoms with E-state index in [1.807, 2.05) is 12.1 Å². The van der Waals surface area contributed by atoms with Crippen LogP contribution in [-0.2, 0) is 11.2 Å². The van der Waals surface area contributed by atoms with Gasteiger partial charge in [-0.1, -0.05) is 0 Å². The summed E-state index contributed by atoms with van der Waals surface area (Å²) in [6.45, 7) is 0.791. The van der Waals surface area contributed by atoms with E-state index in [0.717, 1.165) is 19.4 Å². The third-order valence-electron chi connectivity index (χ3n) is 2.79. The minimum Gasteiger partial charge on any atom is -0.480 e. The van der Waals surface area contributed by atoms with Crippen molar-refractivity contribution in [3.05, 3.63) is 30.1 Å². The van der Waals surface area contributed by atoms with Crippen molar-refractivity contribution in [2.45, 2.75) is 18.9 Å². The second-order valence-electron chi connectivity index (χ2n) is 3.96. The Balaban J connectivity index is 1.90. The lowest BCUT2D eigenvalue weighted by Crippen LogP contribution is -2.29. The Kier molecular flexibility index (Phi) is 2.97. The number of hydrogen-bond donors (Lipinski definition) is 2. The van der Waals surface area contributed by atoms with Gasteiger partial charge in [-0.3, -0.25) is 9.78 Å². The third kappa shape index (κ3) is 2.53. The number of aromatic nitrogens is 1. The predicted octanol–water partition coefficient (Wildman–Crippen LogP) is 0.687. The molecule has 4 nitrogen and oxygen atoms in total. The van der Waals surface area contributed by atoms with Gasteiger partial charge < -0.3 is 10.4 Å². The normalized spacial score (nSPS) is 25.3. The molecule has 1 fully saturated rings. The van der Waals surface area contributed by atoms with Crippen LogP contribution in [0.2, 0.25) is 0 Å². The second-order valence-corrected chi connectivity index (χ2v) is 3.96. The molecule has 2 rings (SSSR count). The molecule has 1 aromatic heterocycles. The number of rotatable bonds is 3. The summed E-state index contributed by atoms with van der Waals surface area (Å²) in [6.07, 6.45) is 5.19. The Morgan fingerprint density at radius 1 is 1.53 bits per heavy atom. The van der Waals surface area contributed by atoms with Crippen LogP contribution in [0.3, 0.4) is 0 Å². The maximum atomic E-state index is 10.7. The van der Waals surface area contributed by atoms with Gasteiger partial charge in [-0.2, -0.15) is 0 Å². The van der Waals surface area contributed by atoms with Crippen LogP contribution in [0.25, 0.3) is 0 Å². The van der Waals surface area contributed by atoms with Gasteiger partial charge in [-0.05, 0) is 43.0 Å². The summed E-state index contributed by atoms with van der Waals surface area (Å²) in [5.74, 6) is -0.319. The summed E-state index contributed by atoms with van der Waals surface area (Å²) >= 11 is 0. The van der Waals surface area contributed by atoms with E-state index in [2.05, 4.69) is 10.3 Å². The lowest BCUT2D eigenvalue weighted by atomic mass is 9.97. The highest BCUT2D eigenvalue weighted by Crippen LogP contribution is 2.18. The molecule has 0 radical (unpaired) electrons. The van der Waals surface area contributed by atoms with Crippen LogP contribution < -0.4 is 5.32 Å². The van der Waals surface area contributed by atoms with Gasteiger partial charge in [0.05, 0.1) is 0 Å². The number of carboxylic acids is 1. The second kappa shape index (κ2) is 4.40. The van der Waals surface area contributed by atoms with Crippen molar-refractivity contribution in [3.8, 4) is 0 Å². The van der Waals surface area contributed by atoms with Gasteiger partial charge in [0.15, 0.2) is 0 Å². The summed E-state index contributed by atoms with van der Waals surface area (Å²) in [7, 11) is 0. The van der Waals surface area contributed by atoms with E-state index < -0.39 is 5.97 Å². The van der Waals surface area contributed by atoms with Gasteiger partial charge in [-0.15, -0.1) is 0 Å². The predicted molar refractivity (Wildman–Crippen MR) is 55.5 cm³/mol. The summed E-state index contributed by atoms with van der Waals surface area (Å²) in [6, 6.07) is 3.60. The fourth-order valence-electron chi connectivity index (χ4n) is 2.00. The van der Waals surface area contributed by atoms with Gasteiger partial charge in [-0.25, -0.2) is 0 Å². The van der Waals surface area contributed by atoms with E-state index in [1.54, 1.807) is 12.4 Å². The Hall–Kier alpha value is -1.42. The molecule has 0 saturated carbocycles. The molecule has 80 valence electrons. The van der Waals surface area contributed by atoms with Gasteiger partial charge in [0.2, 0.25) is 0 Å². The lowest BCUT2D eigenvalue weighted by molar-refractivity contribution is -0.139. The number of carbonyl (C=O) groups is 1. The van der Waals surface area contributed by atoms with Crippen LogP contribution in [0.5, 0.6) is 0 Å². The molecule has 0 aliphatic carbocycles. The Morgan fingerprint density at radius 2 is 2.27 bits per heavy atom. The zero-order valence-corrected chi connectivity index (χ0v) is 8.39. The fourth-order valence-corrected chi connectivity index (χ4v) is 2.00. The first-order chi connectivity index (χ1) is 7.25. The van der Waals surface area contributed by atoms with Crippen LogP contribution in [0, 0.1) is 5.92 Å². The minimum atomic E-state index is -0.743. The molecule has 15 heavy (non-hydrogen) atoms. The standard InChI is InChI=1S/C11H14N2O2/c14-11(15)10-6-9(7-13-10)5-8-1-3-12-4-2-8/h1-4,9-10,13H,5-7H2,(H,14,15)/t9?,10-/m0/s1. The number of nitrogens with zero attached hydrogens (tertiary/aromatic N) is 1. The fraction of sp³-hybridized carbons (Fsp3) is 0.455. The zero-order chi connectivity index (χ0) is 10.7. The summed E-state index contributed by atoms with van der Waals surface area (Å²) in [4.78, 5) is 14.7. The molecule has 4 heteroatoms. The molecule has 2 heterocycles. The number of hydrogen-bond acceptors (Lipinski definition) is 3. The van der Waals surface area contributed by atoms with E-state index in [-0.39, 0.29) is 6.04 Å². The van der Waals surface area contributed by atoms with Crippen molar-refractivity contribution in [2.75, 3.05) is 6.54 Å². The average Bonchev–Trinajstić information content (AvgIpc) is 2.68. The van der Waals surface area contributed by atoms with Crippen molar-refractivity contribution in [3.63, 3.8) is 0 Å². The van der Waals surface area contributed by atoms with Gasteiger partial charge in [0.25, 0.3) is 0 Å². The Morgan fingerprint density at radius 3 is 2.87 bits per heavy atom. The molecule has 1 unspecified atom stereocenters. The lowest BCUT2D eigenvalue weighted by Gasteiger charge is -2.07. The molecule has 1 aliphatic rings. The van der Waals surface area contributed by atoms with E-state index in [4.69, 9.17) is 5.11 Å². The smallest absolute Gasteiger partial charge is 0.320 e. The van der Waals surface area contributed by atoms with Crippen molar-refractivity contribution >= 4 is 5.97 Å². The summed E-state index contributed by atoms with van der Waals surface area (Å²) in [5.41, 5.74) is 1.22. The molecular weight excluding hydrogens is 192 g/mol. The monoisotopic (exact) mass is 206 g/mol. The van der Waals surface area contributed by atoms with E-state index in [9.17, 15) is 4.79 Å². The number of nitrogens with one attached hydrogen (secondary N) is 1. The van der Waals surface area contributed by atoms with Gasteiger partial charge in [0.1, 0.15) is 6.04 Å². The van der Waals surface area contributed by atoms with Crippen LogP contribution in [0.4, 0.5) is 0 Å². The Labute approximate surface area is 88.3 Å². The first-order valence-electron chi connectivity index (χ1n) is 5.11. The molecule has 1 aliphatic heterocycles. The highest BCUT2D eigenvalue weighted by Gasteiger charge is 2.28. The van der Waals surface area contributed by atoms with Crippen molar-refractivity contribution in [2.24, 2.45) is 5.92 Å². The summed E-state index contributed by atoms with van der Waals surface area (Å²) in [5, 5.41) is 11.8. The SMILES string of the molecule is O=C(O)[C@@H]1CC(Cc2ccncc2)CN1. The van der Waals surface area contributed by atoms with Crippen LogP contribution >= 0.6 is 0 Å². The van der Waals surface area contributed by atoms with E-state index in [1.165, 1.54) is 5.56 Å². The first-order valence-corrected chi connectivity index (χ1v) is 5.11. The number of aliphatic carboxylic acids is 1. The molecular formula is C11H14N2O2. The highest BCUT2D eigenvalue weighted by molar-refractivity contribution is 5.73. The topological polar surface area (TPSA) is 62.2 Å². The van der Waals surface area contributed by atoms with Gasteiger partial charge in [0, 0.05) is 12.4 Å². The zero-order valence-electron chi connectivity index (χ0n) is 8.39. The minimum absolute atomic E-state index is 0.364. The highest BCUT2D eigenvalue weighted by atomic mass is 16.4. The van der Waals surface area contributed by atoms with Gasteiger partial charge >= 0.3 is 5.97 Å². The van der Waals surface area contributed by atoms with E-state index >= 15 is 0 Å². The third-order valence-corrected chi connectivity index (χ3v) is 2.79. The largest absolute Gasteiger partial charge is 0.480 e. The first kappa shape index (κ1) is 10.1. The molecule has 1 aromatic rings. The van der Waals surface area contributed by atoms with E-state index in [0.29, 0.717) is 5.92 Å². The number of pyridine rings is 1. The van der Waals surface area contributed by atoms with Crippen LogP contribution in [0.15, 0.2) is 24.5 Å². The molecule has 0 amide bonds. The number of carboxylic acid groups (broad SMARTS) is 1. The maximum Gasteiger partial charge on any atom is 0.320 e. The molecule has 2 atom stereocenters. The Bertz CT molecular complexity index is 340.